The van der Waals surface area contributed by atoms with E-state index in [1.807, 2.05) is 44.2 Å². The molecule has 33 heavy (non-hydrogen) atoms. The summed E-state index contributed by atoms with van der Waals surface area (Å²) in [5.41, 5.74) is 3.57. The number of anilines is 1. The topological polar surface area (TPSA) is 67.2 Å². The number of benzene rings is 2. The lowest BCUT2D eigenvalue weighted by molar-refractivity contribution is -0.122. The standard InChI is InChI=1S/C26H27FN4O2/c1-5-30-25-23(22(17(4)26(30)33)18-11-13-19(27)14-12-18)21(15-28-24(32)16(2)3)29-31(25)20-9-7-6-8-10-20/h6-14,17,22H,2,5,15H2,1,3-4H3,(H,28,32). The number of fused-ring (bicyclic) bond motifs is 1. The van der Waals surface area contributed by atoms with Gasteiger partial charge >= 0.3 is 0 Å². The Balaban J connectivity index is 1.95. The van der Waals surface area contributed by atoms with Crippen LogP contribution in [0.5, 0.6) is 0 Å². The highest BCUT2D eigenvalue weighted by molar-refractivity contribution is 5.99. The lowest BCUT2D eigenvalue weighted by Gasteiger charge is -2.36. The first-order valence-electron chi connectivity index (χ1n) is 11.0. The van der Waals surface area contributed by atoms with E-state index in [1.54, 1.807) is 28.6 Å². The second kappa shape index (κ2) is 9.02. The van der Waals surface area contributed by atoms with Crippen molar-refractivity contribution >= 4 is 17.6 Å². The molecule has 0 spiro atoms. The van der Waals surface area contributed by atoms with Gasteiger partial charge in [-0.05, 0) is 43.7 Å². The third-order valence-corrected chi connectivity index (χ3v) is 6.05. The Hall–Kier alpha value is -3.74. The number of nitrogens with one attached hydrogen (secondary N) is 1. The van der Waals surface area contributed by atoms with Crippen molar-refractivity contribution in [1.82, 2.24) is 15.1 Å². The summed E-state index contributed by atoms with van der Waals surface area (Å²) in [6, 6.07) is 15.8. The molecule has 170 valence electrons. The van der Waals surface area contributed by atoms with E-state index in [0.29, 0.717) is 23.6 Å². The molecule has 1 aromatic heterocycles. The van der Waals surface area contributed by atoms with Crippen molar-refractivity contribution in [1.29, 1.82) is 0 Å². The Labute approximate surface area is 192 Å². The second-order valence-electron chi connectivity index (χ2n) is 8.29. The molecule has 6 nitrogen and oxygen atoms in total. The first-order valence-corrected chi connectivity index (χ1v) is 11.0. The van der Waals surface area contributed by atoms with Gasteiger partial charge in [0.05, 0.1) is 17.9 Å². The highest BCUT2D eigenvalue weighted by Crippen LogP contribution is 2.46. The average molecular weight is 447 g/mol. The number of hydrogen-bond acceptors (Lipinski definition) is 3. The summed E-state index contributed by atoms with van der Waals surface area (Å²) < 4.78 is 15.4. The summed E-state index contributed by atoms with van der Waals surface area (Å²) in [5.74, 6) is -0.645. The molecule has 7 heteroatoms. The van der Waals surface area contributed by atoms with Crippen molar-refractivity contribution in [3.8, 4) is 5.69 Å². The highest BCUT2D eigenvalue weighted by Gasteiger charge is 2.43. The van der Waals surface area contributed by atoms with Crippen LogP contribution in [0.25, 0.3) is 5.69 Å². The number of carbonyl (C=O) groups excluding carboxylic acids is 2. The summed E-state index contributed by atoms with van der Waals surface area (Å²) in [7, 11) is 0. The van der Waals surface area contributed by atoms with E-state index >= 15 is 0 Å². The fraction of sp³-hybridized carbons (Fsp3) is 0.269. The molecule has 2 unspecified atom stereocenters. The summed E-state index contributed by atoms with van der Waals surface area (Å²) in [5, 5.41) is 7.73. The van der Waals surface area contributed by atoms with Crippen molar-refractivity contribution in [3.63, 3.8) is 0 Å². The molecule has 3 aromatic rings. The normalized spacial score (nSPS) is 17.6. The molecule has 2 amide bonds. The van der Waals surface area contributed by atoms with Crippen molar-refractivity contribution < 1.29 is 14.0 Å². The Morgan fingerprint density at radius 1 is 1.15 bits per heavy atom. The monoisotopic (exact) mass is 446 g/mol. The number of rotatable bonds is 6. The van der Waals surface area contributed by atoms with Crippen LogP contribution in [0.2, 0.25) is 0 Å². The predicted molar refractivity (Wildman–Crippen MR) is 126 cm³/mol. The van der Waals surface area contributed by atoms with Gasteiger partial charge in [-0.3, -0.25) is 14.5 Å². The number of nitrogens with zero attached hydrogens (tertiary/aromatic N) is 3. The Kier molecular flexibility index (Phi) is 6.14. The molecule has 2 atom stereocenters. The van der Waals surface area contributed by atoms with E-state index < -0.39 is 0 Å². The molecular formula is C26H27FN4O2. The zero-order chi connectivity index (χ0) is 23.7. The van der Waals surface area contributed by atoms with Crippen LogP contribution in [0.1, 0.15) is 43.5 Å². The van der Waals surface area contributed by atoms with Crippen LogP contribution >= 0.6 is 0 Å². The van der Waals surface area contributed by atoms with E-state index in [9.17, 15) is 14.0 Å². The van der Waals surface area contributed by atoms with Gasteiger partial charge in [0, 0.05) is 29.5 Å². The van der Waals surface area contributed by atoms with Crippen molar-refractivity contribution in [2.75, 3.05) is 11.4 Å². The van der Waals surface area contributed by atoms with Gasteiger partial charge in [-0.15, -0.1) is 0 Å². The van der Waals surface area contributed by atoms with E-state index in [2.05, 4.69) is 11.9 Å². The zero-order valence-corrected chi connectivity index (χ0v) is 19.0. The third-order valence-electron chi connectivity index (χ3n) is 6.05. The van der Waals surface area contributed by atoms with Gasteiger partial charge in [0.25, 0.3) is 0 Å². The number of halogens is 1. The lowest BCUT2D eigenvalue weighted by Crippen LogP contribution is -2.43. The molecule has 1 N–H and O–H groups in total. The number of para-hydroxylation sites is 1. The summed E-state index contributed by atoms with van der Waals surface area (Å²) in [4.78, 5) is 27.4. The van der Waals surface area contributed by atoms with E-state index in [0.717, 1.165) is 16.8 Å². The molecule has 1 aliphatic heterocycles. The molecule has 0 radical (unpaired) electrons. The molecule has 4 rings (SSSR count). The lowest BCUT2D eigenvalue weighted by atomic mass is 9.78. The number of carbonyl (C=O) groups is 2. The van der Waals surface area contributed by atoms with Gasteiger partial charge in [-0.2, -0.15) is 5.10 Å². The number of hydrogen-bond donors (Lipinski definition) is 1. The van der Waals surface area contributed by atoms with Crippen LogP contribution < -0.4 is 10.2 Å². The van der Waals surface area contributed by atoms with Crippen LogP contribution in [-0.4, -0.2) is 28.1 Å². The van der Waals surface area contributed by atoms with Crippen LogP contribution in [0.4, 0.5) is 10.2 Å². The largest absolute Gasteiger partial charge is 0.347 e. The van der Waals surface area contributed by atoms with Gasteiger partial charge in [-0.1, -0.05) is 43.8 Å². The van der Waals surface area contributed by atoms with E-state index in [1.165, 1.54) is 12.1 Å². The molecule has 0 saturated heterocycles. The minimum atomic E-state index is -0.382. The summed E-state index contributed by atoms with van der Waals surface area (Å²) in [6.45, 7) is 9.82. The van der Waals surface area contributed by atoms with Gasteiger partial charge in [0.1, 0.15) is 11.6 Å². The highest BCUT2D eigenvalue weighted by atomic mass is 19.1. The van der Waals surface area contributed by atoms with E-state index in [4.69, 9.17) is 5.10 Å². The minimum absolute atomic E-state index is 0.0195. The van der Waals surface area contributed by atoms with Gasteiger partial charge < -0.3 is 5.32 Å². The summed E-state index contributed by atoms with van der Waals surface area (Å²) >= 11 is 0. The van der Waals surface area contributed by atoms with Gasteiger partial charge in [0.2, 0.25) is 11.8 Å². The van der Waals surface area contributed by atoms with E-state index in [-0.39, 0.29) is 36.0 Å². The van der Waals surface area contributed by atoms with Gasteiger partial charge in [0.15, 0.2) is 0 Å². The second-order valence-corrected chi connectivity index (χ2v) is 8.29. The first kappa shape index (κ1) is 22.5. The fourth-order valence-electron chi connectivity index (χ4n) is 4.41. The number of amides is 2. The van der Waals surface area contributed by atoms with Crippen LogP contribution in [-0.2, 0) is 16.1 Å². The Morgan fingerprint density at radius 2 is 1.82 bits per heavy atom. The molecule has 2 heterocycles. The predicted octanol–water partition coefficient (Wildman–Crippen LogP) is 4.34. The SMILES string of the molecule is C=C(C)C(=O)NCc1nn(-c2ccccc2)c2c1C(c1ccc(F)cc1)C(C)C(=O)N2CC. The maximum Gasteiger partial charge on any atom is 0.246 e. The molecule has 0 saturated carbocycles. The Bertz CT molecular complexity index is 1200. The molecule has 1 aliphatic rings. The fourth-order valence-corrected chi connectivity index (χ4v) is 4.41. The maximum atomic E-state index is 13.7. The van der Waals surface area contributed by atoms with Crippen LogP contribution in [0.15, 0.2) is 66.7 Å². The van der Waals surface area contributed by atoms with Crippen molar-refractivity contribution in [2.24, 2.45) is 5.92 Å². The molecule has 2 aromatic carbocycles. The first-order chi connectivity index (χ1) is 15.8. The quantitative estimate of drug-likeness (QED) is 0.573. The Morgan fingerprint density at radius 3 is 2.42 bits per heavy atom. The summed E-state index contributed by atoms with van der Waals surface area (Å²) in [6.07, 6.45) is 0. The molecular weight excluding hydrogens is 419 g/mol. The van der Waals surface area contributed by atoms with Crippen LogP contribution in [0.3, 0.4) is 0 Å². The third kappa shape index (κ3) is 4.06. The molecule has 0 fully saturated rings. The maximum absolute atomic E-state index is 13.7. The van der Waals surface area contributed by atoms with Crippen molar-refractivity contribution in [3.05, 3.63) is 89.4 Å². The van der Waals surface area contributed by atoms with Crippen molar-refractivity contribution in [2.45, 2.75) is 33.2 Å². The molecule has 0 bridgehead atoms. The molecule has 0 aliphatic carbocycles. The van der Waals surface area contributed by atoms with Crippen LogP contribution in [0, 0.1) is 11.7 Å². The van der Waals surface area contributed by atoms with Gasteiger partial charge in [-0.25, -0.2) is 9.07 Å². The number of aromatic nitrogens is 2. The minimum Gasteiger partial charge on any atom is -0.347 e. The average Bonchev–Trinajstić information content (AvgIpc) is 3.18. The smallest absolute Gasteiger partial charge is 0.246 e. The zero-order valence-electron chi connectivity index (χ0n) is 19.0.